The minimum Gasteiger partial charge on any atom is -0.508 e. The summed E-state index contributed by atoms with van der Waals surface area (Å²) in [7, 11) is 0. The standard InChI is InChI=1S/C23H27FN4O7/c24-13-2-1-3-14(9-13)26-22(34)28-17-10-23(35,11-18(30)19(17)31)21(33)27-16(20(25)32)8-12-4-6-15(29)7-5-12/h1-7,9,16-19,29-31,35H,8,10-11H2,(H2,25,32)(H,27,33)(H2,26,28,34)/t16-,17+,18+,19+,23-/m0/s1. The molecule has 188 valence electrons. The number of carbonyl (C=O) groups is 3. The summed E-state index contributed by atoms with van der Waals surface area (Å²) in [6.07, 6.45) is -4.17. The van der Waals surface area contributed by atoms with Crippen LogP contribution < -0.4 is 21.7 Å². The summed E-state index contributed by atoms with van der Waals surface area (Å²) in [5.41, 5.74) is 3.84. The number of aliphatic hydroxyl groups excluding tert-OH is 2. The number of carbonyl (C=O) groups excluding carboxylic acids is 3. The topological polar surface area (TPSA) is 194 Å². The van der Waals surface area contributed by atoms with E-state index in [1.165, 1.54) is 42.5 Å². The van der Waals surface area contributed by atoms with Crippen LogP contribution in [-0.2, 0) is 16.0 Å². The highest BCUT2D eigenvalue weighted by molar-refractivity contribution is 5.92. The Labute approximate surface area is 199 Å². The van der Waals surface area contributed by atoms with Crippen LogP contribution in [0.25, 0.3) is 0 Å². The number of urea groups is 1. The molecule has 11 nitrogen and oxygen atoms in total. The van der Waals surface area contributed by atoms with Crippen LogP contribution in [0.3, 0.4) is 0 Å². The number of amides is 4. The van der Waals surface area contributed by atoms with E-state index in [1.54, 1.807) is 0 Å². The molecule has 2 aromatic rings. The maximum atomic E-state index is 13.3. The molecule has 0 bridgehead atoms. The SMILES string of the molecule is NC(=O)[C@H](Cc1ccc(O)cc1)NC(=O)[C@@]1(O)C[C@@H](O)[C@H](O)[C@H](NC(=O)Nc2cccc(F)c2)C1. The van der Waals surface area contributed by atoms with E-state index >= 15 is 0 Å². The molecule has 1 aliphatic rings. The lowest BCUT2D eigenvalue weighted by atomic mass is 9.77. The van der Waals surface area contributed by atoms with Gasteiger partial charge in [-0.15, -0.1) is 0 Å². The largest absolute Gasteiger partial charge is 0.508 e. The molecule has 1 fully saturated rings. The number of nitrogens with two attached hydrogens (primary N) is 1. The lowest BCUT2D eigenvalue weighted by Gasteiger charge is -2.41. The fraction of sp³-hybridized carbons (Fsp3) is 0.348. The van der Waals surface area contributed by atoms with Crippen LogP contribution >= 0.6 is 0 Å². The molecule has 0 unspecified atom stereocenters. The maximum Gasteiger partial charge on any atom is 0.319 e. The Bertz CT molecular complexity index is 1080. The second kappa shape index (κ2) is 10.7. The van der Waals surface area contributed by atoms with Gasteiger partial charge in [0.05, 0.1) is 12.1 Å². The fourth-order valence-corrected chi connectivity index (χ4v) is 3.91. The van der Waals surface area contributed by atoms with Crippen LogP contribution in [0, 0.1) is 5.82 Å². The third kappa shape index (κ3) is 6.66. The minimum atomic E-state index is -2.25. The van der Waals surface area contributed by atoms with Crippen LogP contribution in [0.5, 0.6) is 5.75 Å². The molecule has 0 saturated heterocycles. The minimum absolute atomic E-state index is 0.0115. The highest BCUT2D eigenvalue weighted by Crippen LogP contribution is 2.30. The molecule has 1 aliphatic carbocycles. The van der Waals surface area contributed by atoms with E-state index in [1.807, 2.05) is 0 Å². The van der Waals surface area contributed by atoms with Crippen molar-refractivity contribution in [3.8, 4) is 5.75 Å². The third-order valence-corrected chi connectivity index (χ3v) is 5.76. The molecule has 0 aliphatic heterocycles. The van der Waals surface area contributed by atoms with Gasteiger partial charge >= 0.3 is 6.03 Å². The van der Waals surface area contributed by atoms with Crippen molar-refractivity contribution in [2.45, 2.75) is 49.2 Å². The lowest BCUT2D eigenvalue weighted by molar-refractivity contribution is -0.158. The number of aromatic hydroxyl groups is 1. The predicted octanol–water partition coefficient (Wildman–Crippen LogP) is -0.519. The second-order valence-corrected chi connectivity index (χ2v) is 8.51. The Morgan fingerprint density at radius 2 is 1.80 bits per heavy atom. The van der Waals surface area contributed by atoms with Gasteiger partial charge in [0.25, 0.3) is 5.91 Å². The Kier molecular flexibility index (Phi) is 7.89. The van der Waals surface area contributed by atoms with Gasteiger partial charge in [0.15, 0.2) is 0 Å². The molecule has 9 N–H and O–H groups in total. The van der Waals surface area contributed by atoms with Crippen LogP contribution in [0.1, 0.15) is 18.4 Å². The van der Waals surface area contributed by atoms with Gasteiger partial charge in [-0.2, -0.15) is 0 Å². The number of aliphatic hydroxyl groups is 3. The third-order valence-electron chi connectivity index (χ3n) is 5.76. The summed E-state index contributed by atoms with van der Waals surface area (Å²) in [6, 6.07) is 7.57. The molecule has 2 aromatic carbocycles. The van der Waals surface area contributed by atoms with Crippen LogP contribution in [0.2, 0.25) is 0 Å². The van der Waals surface area contributed by atoms with Gasteiger partial charge in [-0.3, -0.25) is 9.59 Å². The monoisotopic (exact) mass is 490 g/mol. The van der Waals surface area contributed by atoms with Gasteiger partial charge in [0.1, 0.15) is 29.3 Å². The molecule has 0 radical (unpaired) electrons. The molecular weight excluding hydrogens is 463 g/mol. The second-order valence-electron chi connectivity index (χ2n) is 8.51. The van der Waals surface area contributed by atoms with Crippen LogP contribution in [0.4, 0.5) is 14.9 Å². The predicted molar refractivity (Wildman–Crippen MR) is 121 cm³/mol. The van der Waals surface area contributed by atoms with E-state index < -0.39 is 66.4 Å². The first-order valence-corrected chi connectivity index (χ1v) is 10.8. The quantitative estimate of drug-likeness (QED) is 0.256. The van der Waals surface area contributed by atoms with Crippen molar-refractivity contribution in [1.29, 1.82) is 0 Å². The Balaban J connectivity index is 1.68. The van der Waals surface area contributed by atoms with Gasteiger partial charge in [-0.1, -0.05) is 18.2 Å². The van der Waals surface area contributed by atoms with Crippen molar-refractivity contribution in [3.63, 3.8) is 0 Å². The number of benzene rings is 2. The zero-order valence-electron chi connectivity index (χ0n) is 18.5. The maximum absolute atomic E-state index is 13.3. The molecule has 0 heterocycles. The summed E-state index contributed by atoms with van der Waals surface area (Å²) in [4.78, 5) is 37.2. The number of primary amides is 1. The molecule has 0 spiro atoms. The Morgan fingerprint density at radius 1 is 1.11 bits per heavy atom. The van der Waals surface area contributed by atoms with E-state index in [2.05, 4.69) is 16.0 Å². The molecular formula is C23H27FN4O7. The fourth-order valence-electron chi connectivity index (χ4n) is 3.91. The van der Waals surface area contributed by atoms with Crippen molar-refractivity contribution >= 4 is 23.5 Å². The van der Waals surface area contributed by atoms with E-state index in [0.717, 1.165) is 6.07 Å². The van der Waals surface area contributed by atoms with E-state index in [-0.39, 0.29) is 17.9 Å². The number of hydrogen-bond acceptors (Lipinski definition) is 7. The van der Waals surface area contributed by atoms with Crippen molar-refractivity contribution < 1.29 is 39.2 Å². The number of hydrogen-bond donors (Lipinski definition) is 8. The van der Waals surface area contributed by atoms with Gasteiger partial charge in [0.2, 0.25) is 5.91 Å². The summed E-state index contributed by atoms with van der Waals surface area (Å²) in [5, 5.41) is 48.0. The Hall–Kier alpha value is -3.74. The first-order valence-electron chi connectivity index (χ1n) is 10.8. The zero-order chi connectivity index (χ0) is 25.8. The highest BCUT2D eigenvalue weighted by Gasteiger charge is 2.49. The first-order chi connectivity index (χ1) is 16.5. The van der Waals surface area contributed by atoms with Crippen molar-refractivity contribution in [2.24, 2.45) is 5.73 Å². The van der Waals surface area contributed by atoms with Gasteiger partial charge in [0, 0.05) is 24.9 Å². The smallest absolute Gasteiger partial charge is 0.319 e. The van der Waals surface area contributed by atoms with E-state index in [4.69, 9.17) is 5.73 Å². The number of nitrogens with one attached hydrogen (secondary N) is 3. The summed E-state index contributed by atoms with van der Waals surface area (Å²) >= 11 is 0. The average molecular weight is 490 g/mol. The molecule has 12 heteroatoms. The number of phenolic OH excluding ortho intramolecular Hbond substituents is 1. The molecule has 5 atom stereocenters. The van der Waals surface area contributed by atoms with E-state index in [0.29, 0.717) is 5.56 Å². The Morgan fingerprint density at radius 3 is 2.43 bits per heavy atom. The number of anilines is 1. The normalized spacial score (nSPS) is 24.7. The molecule has 35 heavy (non-hydrogen) atoms. The van der Waals surface area contributed by atoms with Gasteiger partial charge in [-0.25, -0.2) is 9.18 Å². The lowest BCUT2D eigenvalue weighted by Crippen LogP contribution is -2.64. The molecule has 4 amide bonds. The molecule has 3 rings (SSSR count). The first kappa shape index (κ1) is 25.9. The van der Waals surface area contributed by atoms with Crippen molar-refractivity contribution in [2.75, 3.05) is 5.32 Å². The summed E-state index contributed by atoms with van der Waals surface area (Å²) < 4.78 is 13.3. The summed E-state index contributed by atoms with van der Waals surface area (Å²) in [6.45, 7) is 0. The highest BCUT2D eigenvalue weighted by atomic mass is 19.1. The van der Waals surface area contributed by atoms with Crippen molar-refractivity contribution in [3.05, 3.63) is 59.9 Å². The summed E-state index contributed by atoms with van der Waals surface area (Å²) in [5.74, 6) is -2.48. The number of rotatable bonds is 7. The molecule has 1 saturated carbocycles. The van der Waals surface area contributed by atoms with Gasteiger partial charge < -0.3 is 42.1 Å². The molecule has 0 aromatic heterocycles. The van der Waals surface area contributed by atoms with Gasteiger partial charge in [-0.05, 0) is 35.9 Å². The zero-order valence-corrected chi connectivity index (χ0v) is 18.5. The van der Waals surface area contributed by atoms with Crippen molar-refractivity contribution in [1.82, 2.24) is 10.6 Å². The van der Waals surface area contributed by atoms with E-state index in [9.17, 15) is 39.2 Å². The van der Waals surface area contributed by atoms with Crippen LogP contribution in [0.15, 0.2) is 48.5 Å². The van der Waals surface area contributed by atoms with Crippen LogP contribution in [-0.4, -0.2) is 68.2 Å². The number of phenols is 1. The number of halogens is 1. The average Bonchev–Trinajstić information content (AvgIpc) is 2.78.